The van der Waals surface area contributed by atoms with E-state index in [4.69, 9.17) is 0 Å². The average molecular weight is 269 g/mol. The van der Waals surface area contributed by atoms with E-state index in [0.717, 1.165) is 25.1 Å². The number of aromatic nitrogens is 2. The highest BCUT2D eigenvalue weighted by molar-refractivity contribution is 5.79. The number of nitrogens with zero attached hydrogens (tertiary/aromatic N) is 3. The standard InChI is InChI=1S/C16H19N3O/c1-2-14-15-6-4-8-18(15)9-10-19(14)16(20)11-13-5-3-7-17-12-13/h3-8,12,14H,2,9-11H2,1H3. The van der Waals surface area contributed by atoms with Crippen molar-refractivity contribution in [3.8, 4) is 0 Å². The molecule has 3 heterocycles. The maximum atomic E-state index is 12.6. The van der Waals surface area contributed by atoms with Gasteiger partial charge in [-0.05, 0) is 30.2 Å². The van der Waals surface area contributed by atoms with Crippen molar-refractivity contribution in [3.63, 3.8) is 0 Å². The number of hydrogen-bond acceptors (Lipinski definition) is 2. The van der Waals surface area contributed by atoms with Crippen LogP contribution in [-0.4, -0.2) is 26.9 Å². The Balaban J connectivity index is 1.78. The minimum absolute atomic E-state index is 0.192. The van der Waals surface area contributed by atoms with Gasteiger partial charge in [0.25, 0.3) is 0 Å². The molecular weight excluding hydrogens is 250 g/mol. The molecule has 4 heteroatoms. The molecule has 0 saturated carbocycles. The van der Waals surface area contributed by atoms with Gasteiger partial charge in [0.2, 0.25) is 5.91 Å². The van der Waals surface area contributed by atoms with E-state index in [2.05, 4.69) is 34.8 Å². The molecule has 2 aromatic heterocycles. The molecule has 1 unspecified atom stereocenters. The number of rotatable bonds is 3. The molecule has 0 N–H and O–H groups in total. The van der Waals surface area contributed by atoms with Crippen LogP contribution in [0.1, 0.15) is 30.6 Å². The maximum absolute atomic E-state index is 12.6. The van der Waals surface area contributed by atoms with Gasteiger partial charge >= 0.3 is 0 Å². The molecule has 0 spiro atoms. The monoisotopic (exact) mass is 269 g/mol. The largest absolute Gasteiger partial charge is 0.348 e. The van der Waals surface area contributed by atoms with Gasteiger partial charge < -0.3 is 9.47 Å². The molecule has 0 aromatic carbocycles. The van der Waals surface area contributed by atoms with Crippen LogP contribution in [0.2, 0.25) is 0 Å². The third kappa shape index (κ3) is 2.33. The lowest BCUT2D eigenvalue weighted by Crippen LogP contribution is -2.42. The lowest BCUT2D eigenvalue weighted by molar-refractivity contribution is -0.134. The zero-order valence-corrected chi connectivity index (χ0v) is 11.7. The molecule has 0 saturated heterocycles. The van der Waals surface area contributed by atoms with Crippen molar-refractivity contribution in [1.82, 2.24) is 14.5 Å². The van der Waals surface area contributed by atoms with Crippen LogP contribution in [0, 0.1) is 0 Å². The minimum Gasteiger partial charge on any atom is -0.348 e. The Labute approximate surface area is 119 Å². The van der Waals surface area contributed by atoms with E-state index in [0.29, 0.717) is 6.42 Å². The van der Waals surface area contributed by atoms with E-state index in [1.54, 1.807) is 12.4 Å². The van der Waals surface area contributed by atoms with Gasteiger partial charge in [0.1, 0.15) is 0 Å². The molecule has 3 rings (SSSR count). The molecular formula is C16H19N3O. The summed E-state index contributed by atoms with van der Waals surface area (Å²) >= 11 is 0. The van der Waals surface area contributed by atoms with Crippen molar-refractivity contribution < 1.29 is 4.79 Å². The SMILES string of the molecule is CCC1c2cccn2CCN1C(=O)Cc1cccnc1. The summed E-state index contributed by atoms with van der Waals surface area (Å²) in [6, 6.07) is 8.22. The van der Waals surface area contributed by atoms with Crippen LogP contribution < -0.4 is 0 Å². The molecule has 2 aromatic rings. The third-order valence-corrected chi connectivity index (χ3v) is 3.95. The van der Waals surface area contributed by atoms with Crippen molar-refractivity contribution >= 4 is 5.91 Å². The van der Waals surface area contributed by atoms with Gasteiger partial charge in [-0.1, -0.05) is 13.0 Å². The van der Waals surface area contributed by atoms with Crippen molar-refractivity contribution in [3.05, 3.63) is 54.1 Å². The van der Waals surface area contributed by atoms with Gasteiger partial charge in [-0.3, -0.25) is 9.78 Å². The van der Waals surface area contributed by atoms with Crippen LogP contribution in [0.4, 0.5) is 0 Å². The van der Waals surface area contributed by atoms with Crippen molar-refractivity contribution in [2.75, 3.05) is 6.54 Å². The van der Waals surface area contributed by atoms with Gasteiger partial charge in [-0.15, -0.1) is 0 Å². The summed E-state index contributed by atoms with van der Waals surface area (Å²) in [6.07, 6.45) is 6.98. The highest BCUT2D eigenvalue weighted by Crippen LogP contribution is 2.29. The number of fused-ring (bicyclic) bond motifs is 1. The van der Waals surface area contributed by atoms with Crippen LogP contribution in [0.3, 0.4) is 0 Å². The van der Waals surface area contributed by atoms with E-state index in [1.165, 1.54) is 5.69 Å². The molecule has 1 amide bonds. The summed E-state index contributed by atoms with van der Waals surface area (Å²) in [5.74, 6) is 0.192. The first-order chi connectivity index (χ1) is 9.79. The summed E-state index contributed by atoms with van der Waals surface area (Å²) in [6.45, 7) is 3.81. The number of amides is 1. The molecule has 104 valence electrons. The highest BCUT2D eigenvalue weighted by atomic mass is 16.2. The Hall–Kier alpha value is -2.10. The van der Waals surface area contributed by atoms with Crippen molar-refractivity contribution in [2.24, 2.45) is 0 Å². The van der Waals surface area contributed by atoms with Crippen LogP contribution in [0.5, 0.6) is 0 Å². The summed E-state index contributed by atoms with van der Waals surface area (Å²) in [5, 5.41) is 0. The molecule has 1 atom stereocenters. The summed E-state index contributed by atoms with van der Waals surface area (Å²) in [7, 11) is 0. The fourth-order valence-corrected chi connectivity index (χ4v) is 2.97. The number of hydrogen-bond donors (Lipinski definition) is 0. The summed E-state index contributed by atoms with van der Waals surface area (Å²) < 4.78 is 2.25. The molecule has 4 nitrogen and oxygen atoms in total. The van der Waals surface area contributed by atoms with Gasteiger partial charge in [-0.25, -0.2) is 0 Å². The zero-order chi connectivity index (χ0) is 13.9. The topological polar surface area (TPSA) is 38.1 Å². The second kappa shape index (κ2) is 5.49. The van der Waals surface area contributed by atoms with Gasteiger partial charge in [-0.2, -0.15) is 0 Å². The van der Waals surface area contributed by atoms with Crippen LogP contribution in [0.25, 0.3) is 0 Å². The normalized spacial score (nSPS) is 17.9. The van der Waals surface area contributed by atoms with E-state index in [-0.39, 0.29) is 11.9 Å². The lowest BCUT2D eigenvalue weighted by Gasteiger charge is -2.36. The Kier molecular flexibility index (Phi) is 3.54. The zero-order valence-electron chi connectivity index (χ0n) is 11.7. The van der Waals surface area contributed by atoms with Crippen LogP contribution in [-0.2, 0) is 17.8 Å². The van der Waals surface area contributed by atoms with Gasteiger partial charge in [0.15, 0.2) is 0 Å². The number of carbonyl (C=O) groups excluding carboxylic acids is 1. The average Bonchev–Trinajstić information content (AvgIpc) is 2.95. The summed E-state index contributed by atoms with van der Waals surface area (Å²) in [4.78, 5) is 18.6. The Morgan fingerprint density at radius 2 is 2.25 bits per heavy atom. The van der Waals surface area contributed by atoms with Crippen molar-refractivity contribution in [1.29, 1.82) is 0 Å². The quantitative estimate of drug-likeness (QED) is 0.858. The lowest BCUT2D eigenvalue weighted by atomic mass is 10.1. The van der Waals surface area contributed by atoms with Gasteiger partial charge in [0.05, 0.1) is 12.5 Å². The first kappa shape index (κ1) is 12.9. The van der Waals surface area contributed by atoms with E-state index < -0.39 is 0 Å². The maximum Gasteiger partial charge on any atom is 0.227 e. The van der Waals surface area contributed by atoms with E-state index in [9.17, 15) is 4.79 Å². The molecule has 0 radical (unpaired) electrons. The second-order valence-electron chi connectivity index (χ2n) is 5.18. The Morgan fingerprint density at radius 1 is 1.35 bits per heavy atom. The summed E-state index contributed by atoms with van der Waals surface area (Å²) in [5.41, 5.74) is 2.23. The third-order valence-electron chi connectivity index (χ3n) is 3.95. The molecule has 20 heavy (non-hydrogen) atoms. The molecule has 0 bridgehead atoms. The molecule has 0 fully saturated rings. The predicted octanol–water partition coefficient (Wildman–Crippen LogP) is 2.42. The molecule has 0 aliphatic carbocycles. The fourth-order valence-electron chi connectivity index (χ4n) is 2.97. The smallest absolute Gasteiger partial charge is 0.227 e. The van der Waals surface area contributed by atoms with Crippen LogP contribution >= 0.6 is 0 Å². The Morgan fingerprint density at radius 3 is 3.00 bits per heavy atom. The van der Waals surface area contributed by atoms with E-state index in [1.807, 2.05) is 17.0 Å². The second-order valence-corrected chi connectivity index (χ2v) is 5.18. The van der Waals surface area contributed by atoms with E-state index >= 15 is 0 Å². The van der Waals surface area contributed by atoms with Gasteiger partial charge in [0, 0.05) is 37.4 Å². The molecule has 1 aliphatic heterocycles. The van der Waals surface area contributed by atoms with Crippen LogP contribution in [0.15, 0.2) is 42.9 Å². The number of pyridine rings is 1. The number of carbonyl (C=O) groups is 1. The minimum atomic E-state index is 0.192. The first-order valence-corrected chi connectivity index (χ1v) is 7.13. The fraction of sp³-hybridized carbons (Fsp3) is 0.375. The Bertz CT molecular complexity index is 591. The first-order valence-electron chi connectivity index (χ1n) is 7.13. The predicted molar refractivity (Wildman–Crippen MR) is 77.1 cm³/mol. The highest BCUT2D eigenvalue weighted by Gasteiger charge is 2.29. The molecule has 1 aliphatic rings. The van der Waals surface area contributed by atoms with Crippen molar-refractivity contribution in [2.45, 2.75) is 32.4 Å².